The van der Waals surface area contributed by atoms with Crippen LogP contribution in [0.2, 0.25) is 0 Å². The predicted octanol–water partition coefficient (Wildman–Crippen LogP) is 0.638. The number of carbonyl (C=O) groups is 1. The van der Waals surface area contributed by atoms with Gasteiger partial charge in [0.05, 0.1) is 5.54 Å². The van der Waals surface area contributed by atoms with Crippen molar-refractivity contribution in [1.29, 1.82) is 0 Å². The number of nitrogens with one attached hydrogen (secondary N) is 1. The molecule has 1 unspecified atom stereocenters. The van der Waals surface area contributed by atoms with Crippen LogP contribution in [0.5, 0.6) is 0 Å². The highest BCUT2D eigenvalue weighted by Crippen LogP contribution is 2.44. The maximum atomic E-state index is 11.4. The molecule has 1 atom stereocenters. The van der Waals surface area contributed by atoms with Gasteiger partial charge in [0.1, 0.15) is 0 Å². The second-order valence-corrected chi connectivity index (χ2v) is 4.94. The van der Waals surface area contributed by atoms with E-state index in [1.165, 1.54) is 0 Å². The molecule has 0 aliphatic heterocycles. The van der Waals surface area contributed by atoms with Gasteiger partial charge in [-0.05, 0) is 25.7 Å². The molecule has 1 amide bonds. The highest BCUT2D eigenvalue weighted by Gasteiger charge is 2.47. The highest BCUT2D eigenvalue weighted by molar-refractivity contribution is 5.85. The van der Waals surface area contributed by atoms with Gasteiger partial charge in [-0.2, -0.15) is 0 Å². The quantitative estimate of drug-likeness (QED) is 0.639. The maximum Gasteiger partial charge on any atom is 0.239 e. The average molecular weight is 170 g/mol. The Hall–Kier alpha value is -0.570. The van der Waals surface area contributed by atoms with Gasteiger partial charge in [-0.15, -0.1) is 0 Å². The van der Waals surface area contributed by atoms with Crippen LogP contribution in [-0.2, 0) is 4.79 Å². The monoisotopic (exact) mass is 170 g/mol. The summed E-state index contributed by atoms with van der Waals surface area (Å²) in [6.07, 6.45) is 1.06. The van der Waals surface area contributed by atoms with Crippen LogP contribution in [0.3, 0.4) is 0 Å². The summed E-state index contributed by atoms with van der Waals surface area (Å²) in [5.74, 6) is -0.0573. The van der Waals surface area contributed by atoms with E-state index in [4.69, 9.17) is 5.73 Å². The van der Waals surface area contributed by atoms with E-state index in [0.29, 0.717) is 6.04 Å². The van der Waals surface area contributed by atoms with Gasteiger partial charge in [0.2, 0.25) is 5.91 Å². The molecule has 0 radical (unpaired) electrons. The summed E-state index contributed by atoms with van der Waals surface area (Å²) >= 11 is 0. The third kappa shape index (κ3) is 1.97. The van der Waals surface area contributed by atoms with Gasteiger partial charge in [-0.3, -0.25) is 4.79 Å². The van der Waals surface area contributed by atoms with Crippen molar-refractivity contribution < 1.29 is 4.79 Å². The van der Waals surface area contributed by atoms with Crippen molar-refractivity contribution >= 4 is 5.91 Å². The first-order valence-electron chi connectivity index (χ1n) is 4.33. The van der Waals surface area contributed by atoms with E-state index in [9.17, 15) is 4.79 Å². The molecule has 1 fully saturated rings. The Labute approximate surface area is 73.7 Å². The molecule has 1 saturated carbocycles. The summed E-state index contributed by atoms with van der Waals surface area (Å²) in [6, 6.07) is 0.327. The lowest BCUT2D eigenvalue weighted by atomic mass is 10.1. The number of nitrogens with two attached hydrogens (primary N) is 1. The van der Waals surface area contributed by atoms with Crippen molar-refractivity contribution in [1.82, 2.24) is 5.32 Å². The summed E-state index contributed by atoms with van der Waals surface area (Å²) in [4.78, 5) is 11.4. The molecule has 1 rings (SSSR count). The minimum Gasteiger partial charge on any atom is -0.351 e. The van der Waals surface area contributed by atoms with E-state index in [1.54, 1.807) is 13.8 Å². The van der Waals surface area contributed by atoms with E-state index in [0.717, 1.165) is 6.42 Å². The Morgan fingerprint density at radius 1 is 1.58 bits per heavy atom. The zero-order chi connectivity index (χ0) is 9.57. The van der Waals surface area contributed by atoms with E-state index in [-0.39, 0.29) is 11.3 Å². The summed E-state index contributed by atoms with van der Waals surface area (Å²) in [5.41, 5.74) is 5.16. The van der Waals surface area contributed by atoms with Crippen LogP contribution in [-0.4, -0.2) is 17.5 Å². The van der Waals surface area contributed by atoms with Crippen molar-refractivity contribution in [2.75, 3.05) is 0 Å². The van der Waals surface area contributed by atoms with Crippen molar-refractivity contribution in [3.8, 4) is 0 Å². The Morgan fingerprint density at radius 3 is 2.25 bits per heavy atom. The molecular formula is C9H18N2O. The molecule has 0 heterocycles. The van der Waals surface area contributed by atoms with Crippen LogP contribution in [0.4, 0.5) is 0 Å². The van der Waals surface area contributed by atoms with Crippen LogP contribution >= 0.6 is 0 Å². The standard InChI is InChI=1S/C9H18N2O/c1-8(2)5-6(8)11-7(12)9(3,4)10/h6H,5,10H2,1-4H3,(H,11,12). The van der Waals surface area contributed by atoms with E-state index >= 15 is 0 Å². The lowest BCUT2D eigenvalue weighted by Gasteiger charge is -2.18. The smallest absolute Gasteiger partial charge is 0.239 e. The van der Waals surface area contributed by atoms with Gasteiger partial charge in [-0.25, -0.2) is 0 Å². The van der Waals surface area contributed by atoms with Crippen LogP contribution in [0.1, 0.15) is 34.1 Å². The van der Waals surface area contributed by atoms with Crippen molar-refractivity contribution in [2.24, 2.45) is 11.1 Å². The lowest BCUT2D eigenvalue weighted by Crippen LogP contribution is -2.50. The Bertz CT molecular complexity index is 203. The number of amides is 1. The Kier molecular flexibility index (Phi) is 1.95. The van der Waals surface area contributed by atoms with E-state index < -0.39 is 5.54 Å². The normalized spacial score (nSPS) is 26.6. The molecule has 1 aliphatic rings. The molecule has 3 N–H and O–H groups in total. The van der Waals surface area contributed by atoms with Crippen LogP contribution in [0, 0.1) is 5.41 Å². The summed E-state index contributed by atoms with van der Waals surface area (Å²) in [7, 11) is 0. The van der Waals surface area contributed by atoms with Crippen LogP contribution in [0.25, 0.3) is 0 Å². The minimum atomic E-state index is -0.751. The van der Waals surface area contributed by atoms with Gasteiger partial charge in [0, 0.05) is 6.04 Å². The molecule has 12 heavy (non-hydrogen) atoms. The topological polar surface area (TPSA) is 55.1 Å². The van der Waals surface area contributed by atoms with Gasteiger partial charge in [0.15, 0.2) is 0 Å². The SMILES string of the molecule is CC(C)(N)C(=O)NC1CC1(C)C. The fourth-order valence-corrected chi connectivity index (χ4v) is 1.06. The van der Waals surface area contributed by atoms with Gasteiger partial charge < -0.3 is 11.1 Å². The molecule has 3 nitrogen and oxygen atoms in total. The Balaban J connectivity index is 2.40. The van der Waals surface area contributed by atoms with Gasteiger partial charge >= 0.3 is 0 Å². The number of carbonyl (C=O) groups excluding carboxylic acids is 1. The number of hydrogen-bond acceptors (Lipinski definition) is 2. The fraction of sp³-hybridized carbons (Fsp3) is 0.889. The number of rotatable bonds is 2. The van der Waals surface area contributed by atoms with Crippen molar-refractivity contribution in [3.05, 3.63) is 0 Å². The second-order valence-electron chi connectivity index (χ2n) is 4.94. The molecule has 0 aromatic rings. The first-order valence-corrected chi connectivity index (χ1v) is 4.33. The van der Waals surface area contributed by atoms with E-state index in [2.05, 4.69) is 19.2 Å². The largest absolute Gasteiger partial charge is 0.351 e. The van der Waals surface area contributed by atoms with Crippen molar-refractivity contribution in [3.63, 3.8) is 0 Å². The molecule has 1 aliphatic carbocycles. The first kappa shape index (κ1) is 9.52. The average Bonchev–Trinajstić information content (AvgIpc) is 2.36. The second kappa shape index (κ2) is 2.46. The highest BCUT2D eigenvalue weighted by atomic mass is 16.2. The number of hydrogen-bond donors (Lipinski definition) is 2. The lowest BCUT2D eigenvalue weighted by molar-refractivity contribution is -0.125. The Morgan fingerprint density at radius 2 is 2.00 bits per heavy atom. The zero-order valence-electron chi connectivity index (χ0n) is 8.27. The molecule has 0 saturated heterocycles. The molecule has 0 spiro atoms. The van der Waals surface area contributed by atoms with Crippen LogP contribution < -0.4 is 11.1 Å². The molecule has 70 valence electrons. The van der Waals surface area contributed by atoms with Crippen LogP contribution in [0.15, 0.2) is 0 Å². The summed E-state index contributed by atoms with van der Waals surface area (Å²) in [6.45, 7) is 7.72. The summed E-state index contributed by atoms with van der Waals surface area (Å²) in [5, 5.41) is 2.92. The van der Waals surface area contributed by atoms with Gasteiger partial charge in [-0.1, -0.05) is 13.8 Å². The van der Waals surface area contributed by atoms with Crippen molar-refractivity contribution in [2.45, 2.75) is 45.7 Å². The zero-order valence-corrected chi connectivity index (χ0v) is 8.27. The maximum absolute atomic E-state index is 11.4. The first-order chi connectivity index (χ1) is 5.23. The molecule has 0 aromatic heterocycles. The third-order valence-electron chi connectivity index (χ3n) is 2.40. The minimum absolute atomic E-state index is 0.0573. The molecule has 0 bridgehead atoms. The fourth-order valence-electron chi connectivity index (χ4n) is 1.06. The molecular weight excluding hydrogens is 152 g/mol. The third-order valence-corrected chi connectivity index (χ3v) is 2.40. The molecule has 0 aromatic carbocycles. The van der Waals surface area contributed by atoms with E-state index in [1.807, 2.05) is 0 Å². The summed E-state index contributed by atoms with van der Waals surface area (Å²) < 4.78 is 0. The predicted molar refractivity (Wildman–Crippen MR) is 48.6 cm³/mol. The van der Waals surface area contributed by atoms with Gasteiger partial charge in [0.25, 0.3) is 0 Å². The molecule has 3 heteroatoms.